The van der Waals surface area contributed by atoms with Crippen LogP contribution in [0.3, 0.4) is 0 Å². The van der Waals surface area contributed by atoms with Gasteiger partial charge in [-0.2, -0.15) is 0 Å². The lowest BCUT2D eigenvalue weighted by atomic mass is 10.2. The molecular weight excluding hydrogens is 326 g/mol. The molecule has 23 heavy (non-hydrogen) atoms. The highest BCUT2D eigenvalue weighted by Crippen LogP contribution is 2.18. The van der Waals surface area contributed by atoms with Gasteiger partial charge in [-0.25, -0.2) is 8.78 Å². The van der Waals surface area contributed by atoms with Gasteiger partial charge in [-0.1, -0.05) is 29.8 Å². The van der Waals surface area contributed by atoms with Crippen LogP contribution in [0.25, 0.3) is 0 Å². The summed E-state index contributed by atoms with van der Waals surface area (Å²) in [5, 5.41) is 4.81. The van der Waals surface area contributed by atoms with Gasteiger partial charge >= 0.3 is 0 Å². The van der Waals surface area contributed by atoms with Crippen LogP contribution >= 0.6 is 11.6 Å². The Morgan fingerprint density at radius 3 is 2.35 bits per heavy atom. The zero-order valence-electron chi connectivity index (χ0n) is 11.9. The molecule has 0 aliphatic carbocycles. The number of halogens is 3. The SMILES string of the molecule is O=C(CNC(=O)c1c(F)cccc1Cl)NCc1ccc(F)cc1. The molecule has 0 aromatic heterocycles. The molecule has 2 amide bonds. The third-order valence-electron chi connectivity index (χ3n) is 3.00. The largest absolute Gasteiger partial charge is 0.350 e. The van der Waals surface area contributed by atoms with Crippen LogP contribution in [0.15, 0.2) is 42.5 Å². The highest BCUT2D eigenvalue weighted by Gasteiger charge is 2.16. The maximum Gasteiger partial charge on any atom is 0.256 e. The topological polar surface area (TPSA) is 58.2 Å². The van der Waals surface area contributed by atoms with E-state index in [1.54, 1.807) is 0 Å². The summed E-state index contributed by atoms with van der Waals surface area (Å²) in [7, 11) is 0. The van der Waals surface area contributed by atoms with Crippen molar-refractivity contribution in [2.45, 2.75) is 6.54 Å². The molecule has 0 radical (unpaired) electrons. The fourth-order valence-corrected chi connectivity index (χ4v) is 2.08. The fourth-order valence-electron chi connectivity index (χ4n) is 1.83. The first-order valence-electron chi connectivity index (χ1n) is 6.70. The minimum absolute atomic E-state index is 0.0331. The average molecular weight is 339 g/mol. The Hall–Kier alpha value is -2.47. The van der Waals surface area contributed by atoms with Crippen LogP contribution in [0.4, 0.5) is 8.78 Å². The maximum absolute atomic E-state index is 13.6. The molecule has 0 fully saturated rings. The van der Waals surface area contributed by atoms with Gasteiger partial charge in [0.1, 0.15) is 11.6 Å². The number of nitrogens with one attached hydrogen (secondary N) is 2. The monoisotopic (exact) mass is 338 g/mol. The highest BCUT2D eigenvalue weighted by atomic mass is 35.5. The Morgan fingerprint density at radius 1 is 1.00 bits per heavy atom. The molecule has 4 nitrogen and oxygen atoms in total. The predicted molar refractivity (Wildman–Crippen MR) is 82.0 cm³/mol. The van der Waals surface area contributed by atoms with Crippen molar-refractivity contribution >= 4 is 23.4 Å². The van der Waals surface area contributed by atoms with E-state index in [4.69, 9.17) is 11.6 Å². The molecule has 0 atom stereocenters. The van der Waals surface area contributed by atoms with E-state index in [0.717, 1.165) is 6.07 Å². The van der Waals surface area contributed by atoms with Crippen molar-refractivity contribution in [3.05, 3.63) is 70.2 Å². The van der Waals surface area contributed by atoms with Gasteiger partial charge in [-0.3, -0.25) is 9.59 Å². The molecule has 0 heterocycles. The van der Waals surface area contributed by atoms with Gasteiger partial charge < -0.3 is 10.6 Å². The Morgan fingerprint density at radius 2 is 1.70 bits per heavy atom. The van der Waals surface area contributed by atoms with Crippen molar-refractivity contribution in [1.29, 1.82) is 0 Å². The van der Waals surface area contributed by atoms with Gasteiger partial charge in [0.2, 0.25) is 5.91 Å². The minimum Gasteiger partial charge on any atom is -0.350 e. The standard InChI is InChI=1S/C16H13ClF2N2O2/c17-12-2-1-3-13(19)15(12)16(23)21-9-14(22)20-8-10-4-6-11(18)7-5-10/h1-7H,8-9H2,(H,20,22)(H,21,23). The van der Waals surface area contributed by atoms with Crippen molar-refractivity contribution < 1.29 is 18.4 Å². The Bertz CT molecular complexity index is 700. The van der Waals surface area contributed by atoms with Gasteiger partial charge in [0.15, 0.2) is 0 Å². The molecule has 0 saturated carbocycles. The molecule has 0 bridgehead atoms. The van der Waals surface area contributed by atoms with Crippen LogP contribution in [0.1, 0.15) is 15.9 Å². The zero-order chi connectivity index (χ0) is 16.8. The second kappa shape index (κ2) is 7.69. The van der Waals surface area contributed by atoms with Crippen LogP contribution in [0, 0.1) is 11.6 Å². The molecule has 0 aliphatic heterocycles. The summed E-state index contributed by atoms with van der Waals surface area (Å²) < 4.78 is 26.3. The van der Waals surface area contributed by atoms with Crippen LogP contribution in [0.5, 0.6) is 0 Å². The van der Waals surface area contributed by atoms with Gasteiger partial charge in [0, 0.05) is 6.54 Å². The molecule has 0 saturated heterocycles. The van der Waals surface area contributed by atoms with Crippen molar-refractivity contribution in [3.63, 3.8) is 0 Å². The number of benzene rings is 2. The highest BCUT2D eigenvalue weighted by molar-refractivity contribution is 6.33. The lowest BCUT2D eigenvalue weighted by molar-refractivity contribution is -0.120. The van der Waals surface area contributed by atoms with E-state index >= 15 is 0 Å². The Kier molecular flexibility index (Phi) is 5.65. The molecule has 2 rings (SSSR count). The first-order chi connectivity index (χ1) is 11.0. The minimum atomic E-state index is -0.773. The summed E-state index contributed by atoms with van der Waals surface area (Å²) in [4.78, 5) is 23.5. The summed E-state index contributed by atoms with van der Waals surface area (Å²) in [5.74, 6) is -2.36. The van der Waals surface area contributed by atoms with Crippen molar-refractivity contribution in [2.75, 3.05) is 6.54 Å². The number of amides is 2. The first-order valence-corrected chi connectivity index (χ1v) is 7.08. The van der Waals surface area contributed by atoms with Crippen molar-refractivity contribution in [1.82, 2.24) is 10.6 Å². The van der Waals surface area contributed by atoms with E-state index in [2.05, 4.69) is 10.6 Å². The number of carbonyl (C=O) groups excluding carboxylic acids is 2. The van der Waals surface area contributed by atoms with Crippen LogP contribution < -0.4 is 10.6 Å². The summed E-state index contributed by atoms with van der Waals surface area (Å²) in [6.07, 6.45) is 0. The molecule has 0 aliphatic rings. The summed E-state index contributed by atoms with van der Waals surface area (Å²) >= 11 is 5.76. The van der Waals surface area contributed by atoms with Crippen LogP contribution in [-0.2, 0) is 11.3 Å². The van der Waals surface area contributed by atoms with Crippen LogP contribution in [-0.4, -0.2) is 18.4 Å². The summed E-state index contributed by atoms with van der Waals surface area (Å²) in [6, 6.07) is 9.50. The predicted octanol–water partition coefficient (Wildman–Crippen LogP) is 2.66. The summed E-state index contributed by atoms with van der Waals surface area (Å²) in [5.41, 5.74) is 0.406. The first kappa shape index (κ1) is 16.9. The van der Waals surface area contributed by atoms with E-state index in [0.29, 0.717) is 5.56 Å². The van der Waals surface area contributed by atoms with E-state index in [9.17, 15) is 18.4 Å². The molecule has 2 aromatic rings. The molecule has 2 aromatic carbocycles. The van der Waals surface area contributed by atoms with Gasteiger partial charge in [-0.05, 0) is 29.8 Å². The third kappa shape index (κ3) is 4.75. The number of carbonyl (C=O) groups is 2. The Labute approximate surface area is 136 Å². The summed E-state index contributed by atoms with van der Waals surface area (Å²) in [6.45, 7) is -0.139. The Balaban J connectivity index is 1.84. The number of hydrogen-bond acceptors (Lipinski definition) is 2. The fraction of sp³-hybridized carbons (Fsp3) is 0.125. The molecule has 7 heteroatoms. The number of hydrogen-bond donors (Lipinski definition) is 2. The lowest BCUT2D eigenvalue weighted by Crippen LogP contribution is -2.37. The maximum atomic E-state index is 13.6. The molecule has 0 spiro atoms. The molecular formula is C16H13ClF2N2O2. The lowest BCUT2D eigenvalue weighted by Gasteiger charge is -2.08. The zero-order valence-corrected chi connectivity index (χ0v) is 12.7. The van der Waals surface area contributed by atoms with E-state index in [-0.39, 0.29) is 29.5 Å². The van der Waals surface area contributed by atoms with Crippen LogP contribution in [0.2, 0.25) is 5.02 Å². The van der Waals surface area contributed by atoms with Gasteiger partial charge in [0.05, 0.1) is 17.1 Å². The quantitative estimate of drug-likeness (QED) is 0.880. The second-order valence-corrected chi connectivity index (χ2v) is 5.09. The molecule has 0 unspecified atom stereocenters. The average Bonchev–Trinajstić information content (AvgIpc) is 2.52. The van der Waals surface area contributed by atoms with E-state index < -0.39 is 17.6 Å². The molecule has 120 valence electrons. The third-order valence-corrected chi connectivity index (χ3v) is 3.32. The van der Waals surface area contributed by atoms with E-state index in [1.165, 1.54) is 36.4 Å². The van der Waals surface area contributed by atoms with Crippen molar-refractivity contribution in [2.24, 2.45) is 0 Å². The molecule has 2 N–H and O–H groups in total. The normalized spacial score (nSPS) is 10.2. The number of rotatable bonds is 5. The van der Waals surface area contributed by atoms with E-state index in [1.807, 2.05) is 0 Å². The second-order valence-electron chi connectivity index (χ2n) is 4.68. The smallest absolute Gasteiger partial charge is 0.256 e. The van der Waals surface area contributed by atoms with Crippen molar-refractivity contribution in [3.8, 4) is 0 Å². The van der Waals surface area contributed by atoms with Gasteiger partial charge in [-0.15, -0.1) is 0 Å². The van der Waals surface area contributed by atoms with Gasteiger partial charge in [0.25, 0.3) is 5.91 Å².